The van der Waals surface area contributed by atoms with Crippen molar-refractivity contribution in [3.63, 3.8) is 0 Å². The average molecular weight is 625 g/mol. The summed E-state index contributed by atoms with van der Waals surface area (Å²) in [6.07, 6.45) is 0. The van der Waals surface area contributed by atoms with E-state index in [1.165, 1.54) is 25.9 Å². The standard InChI is InChI=1S/C18H18N8O7S2Se.Na.H/c1-25-14(30)12(28)22-23-18(25)35-4-6-3-34-15-9(13(29)26(15)10(6)16(31)32)21-11(27)8(24-33-2)7-5-36-17(19)20-7;;/h5,9,15H,3-4H2,1-2H3,(H2,19,20)(H,21,27)(H,22,28)(H,31,32);;/q;+1;-1/t9-,15-;;/m1../s1. The van der Waals surface area contributed by atoms with E-state index in [0.29, 0.717) is 10.3 Å². The van der Waals surface area contributed by atoms with Crippen LogP contribution in [0.1, 0.15) is 7.12 Å². The number of oxime groups is 1. The molecule has 2 aromatic heterocycles. The molecule has 37 heavy (non-hydrogen) atoms. The summed E-state index contributed by atoms with van der Waals surface area (Å²) in [5, 5.41) is 21.6. The smallest absolute Gasteiger partial charge is 1.00 e. The van der Waals surface area contributed by atoms with Crippen LogP contribution >= 0.6 is 23.5 Å². The van der Waals surface area contributed by atoms with Crippen LogP contribution in [0.5, 0.6) is 0 Å². The summed E-state index contributed by atoms with van der Waals surface area (Å²) in [6.45, 7) is 0. The number of nitrogens with one attached hydrogen (secondary N) is 2. The molecular formula is C18H19N8NaO7S2Se. The number of anilines is 1. The van der Waals surface area contributed by atoms with Crippen LogP contribution in [-0.4, -0.2) is 97.8 Å². The second-order valence-electron chi connectivity index (χ2n) is 7.30. The van der Waals surface area contributed by atoms with Gasteiger partial charge in [-0.1, -0.05) is 0 Å². The number of nitrogen functional groups attached to an aromatic ring is 1. The summed E-state index contributed by atoms with van der Waals surface area (Å²) in [6, 6.07) is -0.983. The largest absolute Gasteiger partial charge is 1.00 e. The van der Waals surface area contributed by atoms with E-state index in [9.17, 15) is 29.1 Å². The molecule has 4 heterocycles. The number of hydrogen-bond donors (Lipinski definition) is 4. The molecule has 2 amide bonds. The van der Waals surface area contributed by atoms with E-state index < -0.39 is 40.3 Å². The molecule has 19 heteroatoms. The first kappa shape index (κ1) is 29.2. The van der Waals surface area contributed by atoms with Crippen molar-refractivity contribution in [3.05, 3.63) is 42.6 Å². The Kier molecular flexibility index (Phi) is 9.49. The Hall–Kier alpha value is -2.34. The third-order valence-electron chi connectivity index (χ3n) is 5.11. The Morgan fingerprint density at radius 1 is 1.46 bits per heavy atom. The van der Waals surface area contributed by atoms with E-state index in [-0.39, 0.29) is 79.3 Å². The fraction of sp³-hybridized carbons (Fsp3) is 0.333. The molecular weight excluding hydrogens is 606 g/mol. The van der Waals surface area contributed by atoms with Crippen molar-refractivity contribution in [1.29, 1.82) is 0 Å². The number of carboxylic acids is 1. The first-order valence-corrected chi connectivity index (χ1v) is 13.8. The predicted molar refractivity (Wildman–Crippen MR) is 131 cm³/mol. The first-order valence-electron chi connectivity index (χ1n) is 9.96. The molecule has 1 fully saturated rings. The van der Waals surface area contributed by atoms with E-state index in [0.717, 1.165) is 21.2 Å². The van der Waals surface area contributed by atoms with Gasteiger partial charge >= 0.3 is 209 Å². The maximum absolute atomic E-state index is 12.9. The van der Waals surface area contributed by atoms with E-state index in [1.54, 1.807) is 4.94 Å². The van der Waals surface area contributed by atoms with Gasteiger partial charge in [0.15, 0.2) is 5.16 Å². The van der Waals surface area contributed by atoms with Gasteiger partial charge in [-0.15, -0.1) is 5.10 Å². The summed E-state index contributed by atoms with van der Waals surface area (Å²) >= 11 is 2.10. The van der Waals surface area contributed by atoms with Gasteiger partial charge in [-0.05, 0) is 0 Å². The van der Waals surface area contributed by atoms with E-state index in [2.05, 4.69) is 25.7 Å². The number of nitrogens with two attached hydrogens (primary N) is 1. The molecule has 192 valence electrons. The summed E-state index contributed by atoms with van der Waals surface area (Å²) in [4.78, 5) is 72.6. The molecule has 0 unspecified atom stereocenters. The molecule has 0 aliphatic carbocycles. The molecule has 5 N–H and O–H groups in total. The van der Waals surface area contributed by atoms with Crippen LogP contribution in [0.2, 0.25) is 0 Å². The molecule has 15 nitrogen and oxygen atoms in total. The minimum Gasteiger partial charge on any atom is -1.00 e. The van der Waals surface area contributed by atoms with Gasteiger partial charge < -0.3 is 1.43 Å². The van der Waals surface area contributed by atoms with Gasteiger partial charge in [0.2, 0.25) is 0 Å². The number of carboxylic acid groups (broad SMARTS) is 1. The third-order valence-corrected chi connectivity index (χ3v) is 8.98. The van der Waals surface area contributed by atoms with Crippen molar-refractivity contribution in [1.82, 2.24) is 30.0 Å². The SMILES string of the molecule is CON=C(C(=O)N[C@@H]1C(=O)N2C(C(=O)O)=C(CSc3n[nH]c(=O)c(=O)n3C)CS[C@H]12)c1c[se]c(N)n1.[H-].[Na+]. The number of carbonyl (C=O) groups is 3. The Balaban J connectivity index is 0.00000253. The number of rotatable bonds is 8. The molecule has 0 bridgehead atoms. The van der Waals surface area contributed by atoms with E-state index >= 15 is 0 Å². The molecule has 2 aliphatic rings. The number of carbonyl (C=O) groups excluding carboxylic acids is 2. The number of H-pyrrole nitrogens is 1. The van der Waals surface area contributed by atoms with Crippen molar-refractivity contribution in [2.75, 3.05) is 24.3 Å². The molecule has 0 radical (unpaired) electrons. The van der Waals surface area contributed by atoms with Crippen molar-refractivity contribution < 1.29 is 55.3 Å². The van der Waals surface area contributed by atoms with Crippen LogP contribution in [0, 0.1) is 0 Å². The van der Waals surface area contributed by atoms with Crippen molar-refractivity contribution in [2.24, 2.45) is 12.2 Å². The maximum Gasteiger partial charge on any atom is 1.00 e. The van der Waals surface area contributed by atoms with Gasteiger partial charge in [0, 0.05) is 7.05 Å². The van der Waals surface area contributed by atoms with Gasteiger partial charge in [-0.2, -0.15) is 0 Å². The topological polar surface area (TPSA) is 215 Å². The predicted octanol–water partition coefficient (Wildman–Crippen LogP) is -5.50. The van der Waals surface area contributed by atoms with Crippen LogP contribution < -0.4 is 51.7 Å². The summed E-state index contributed by atoms with van der Waals surface area (Å²) in [5.41, 5.74) is 4.34. The van der Waals surface area contributed by atoms with Gasteiger partial charge in [-0.25, -0.2) is 5.10 Å². The van der Waals surface area contributed by atoms with E-state index in [4.69, 9.17) is 10.6 Å². The van der Waals surface area contributed by atoms with Crippen LogP contribution in [0.4, 0.5) is 4.69 Å². The van der Waals surface area contributed by atoms with Crippen LogP contribution in [0.15, 0.2) is 36.1 Å². The first-order chi connectivity index (χ1) is 17.1. The molecule has 2 aromatic rings. The monoisotopic (exact) mass is 626 g/mol. The van der Waals surface area contributed by atoms with Crippen LogP contribution in [0.3, 0.4) is 0 Å². The maximum atomic E-state index is 12.9. The van der Waals surface area contributed by atoms with E-state index in [1.807, 2.05) is 0 Å². The van der Waals surface area contributed by atoms with Crippen molar-refractivity contribution in [2.45, 2.75) is 16.6 Å². The quantitative estimate of drug-likeness (QED) is 0.0540. The zero-order valence-corrected chi connectivity index (χ0v) is 24.9. The van der Waals surface area contributed by atoms with Crippen LogP contribution in [0.25, 0.3) is 0 Å². The molecule has 4 rings (SSSR count). The normalized spacial score (nSPS) is 19.0. The summed E-state index contributed by atoms with van der Waals surface area (Å²) in [5.74, 6) is -2.25. The Morgan fingerprint density at radius 3 is 2.81 bits per heavy atom. The molecule has 2 aliphatic heterocycles. The fourth-order valence-electron chi connectivity index (χ4n) is 3.44. The second kappa shape index (κ2) is 12.0. The molecule has 2 atom stereocenters. The number of fused-ring (bicyclic) bond motifs is 1. The Bertz CT molecular complexity index is 1440. The Labute approximate surface area is 245 Å². The van der Waals surface area contributed by atoms with Gasteiger partial charge in [-0.3, -0.25) is 14.2 Å². The number of amides is 2. The van der Waals surface area contributed by atoms with Gasteiger partial charge in [0.25, 0.3) is 0 Å². The molecule has 0 saturated carbocycles. The number of hydrogen-bond acceptors (Lipinski definition) is 12. The number of nitrogens with zero attached hydrogens (tertiary/aromatic N) is 5. The fourth-order valence-corrected chi connectivity index (χ4v) is 6.99. The number of aromatic nitrogens is 4. The van der Waals surface area contributed by atoms with Gasteiger partial charge in [0.1, 0.15) is 0 Å². The summed E-state index contributed by atoms with van der Waals surface area (Å²) in [7, 11) is 2.64. The zero-order chi connectivity index (χ0) is 26.1. The Morgan fingerprint density at radius 2 is 2.19 bits per heavy atom. The molecule has 1 saturated heterocycles. The van der Waals surface area contributed by atoms with Crippen LogP contribution in [-0.2, 0) is 26.3 Å². The minimum absolute atomic E-state index is 0. The minimum atomic E-state index is -1.30. The zero-order valence-electron chi connectivity index (χ0n) is 20.6. The average Bonchev–Trinajstić information content (AvgIpc) is 3.28. The summed E-state index contributed by atoms with van der Waals surface area (Å²) < 4.78 is 1.42. The number of β-lactam (4-membered cyclic amide) rings is 1. The van der Waals surface area contributed by atoms with Crippen molar-refractivity contribution in [3.8, 4) is 0 Å². The number of aliphatic carboxylic acids is 1. The third kappa shape index (κ3) is 5.74. The van der Waals surface area contributed by atoms with Crippen molar-refractivity contribution >= 4 is 66.2 Å². The molecule has 0 spiro atoms. The van der Waals surface area contributed by atoms with Gasteiger partial charge in [0.05, 0.1) is 0 Å². The second-order valence-corrected chi connectivity index (χ2v) is 11.2. The molecule has 0 aromatic carbocycles. The number of thioether (sulfide) groups is 2. The number of aromatic amines is 1.